The number of nitrogens with one attached hydrogen (secondary N) is 1. The predicted molar refractivity (Wildman–Crippen MR) is 125 cm³/mol. The molecule has 31 heavy (non-hydrogen) atoms. The number of pyridine rings is 1. The van der Waals surface area contributed by atoms with E-state index in [4.69, 9.17) is 4.74 Å². The molecule has 2 aliphatic rings. The molecule has 164 valence electrons. The van der Waals surface area contributed by atoms with Crippen LogP contribution in [0.25, 0.3) is 11.0 Å². The van der Waals surface area contributed by atoms with Crippen molar-refractivity contribution in [2.75, 3.05) is 44.4 Å². The number of carbonyl (C=O) groups excluding carboxylic acids is 1. The number of carbonyl (C=O) groups is 1. The minimum atomic E-state index is -0.0456. The van der Waals surface area contributed by atoms with Crippen LogP contribution in [0, 0.1) is 6.92 Å². The number of aryl methyl sites for hydroxylation is 1. The van der Waals surface area contributed by atoms with Crippen molar-refractivity contribution < 1.29 is 9.53 Å². The van der Waals surface area contributed by atoms with Gasteiger partial charge in [0.05, 0.1) is 36.9 Å². The fraction of sp³-hybridized carbons (Fsp3) is 0.500. The lowest BCUT2D eigenvalue weighted by atomic mass is 9.95. The van der Waals surface area contributed by atoms with Crippen LogP contribution in [0.3, 0.4) is 0 Å². The average molecular weight is 458 g/mol. The SMILES string of the molecule is Cc1cc(C(=O)NCC2(N3CCOCC3)CCSC2)c2cnn(Cc3cccs3)c2n1. The molecule has 3 aromatic heterocycles. The second-order valence-corrected chi connectivity index (χ2v) is 10.4. The van der Waals surface area contributed by atoms with Gasteiger partial charge in [0.25, 0.3) is 5.91 Å². The molecule has 1 amide bonds. The summed E-state index contributed by atoms with van der Waals surface area (Å²) >= 11 is 3.67. The summed E-state index contributed by atoms with van der Waals surface area (Å²) < 4.78 is 7.43. The van der Waals surface area contributed by atoms with Crippen LogP contribution in [0.4, 0.5) is 0 Å². The molecule has 1 unspecified atom stereocenters. The predicted octanol–water partition coefficient (Wildman–Crippen LogP) is 2.79. The number of morpholine rings is 1. The van der Waals surface area contributed by atoms with E-state index < -0.39 is 0 Å². The van der Waals surface area contributed by atoms with E-state index >= 15 is 0 Å². The molecule has 2 saturated heterocycles. The molecule has 1 N–H and O–H groups in total. The number of amides is 1. The van der Waals surface area contributed by atoms with Crippen molar-refractivity contribution in [3.05, 3.63) is 45.9 Å². The summed E-state index contributed by atoms with van der Waals surface area (Å²) in [7, 11) is 0. The topological polar surface area (TPSA) is 72.3 Å². The highest BCUT2D eigenvalue weighted by molar-refractivity contribution is 7.99. The minimum Gasteiger partial charge on any atom is -0.379 e. The lowest BCUT2D eigenvalue weighted by Crippen LogP contribution is -2.59. The first kappa shape index (κ1) is 20.9. The van der Waals surface area contributed by atoms with Gasteiger partial charge in [-0.1, -0.05) is 6.07 Å². The van der Waals surface area contributed by atoms with Gasteiger partial charge in [-0.15, -0.1) is 11.3 Å². The Bertz CT molecular complexity index is 1050. The molecule has 2 fully saturated rings. The van der Waals surface area contributed by atoms with E-state index in [-0.39, 0.29) is 11.4 Å². The molecule has 0 radical (unpaired) electrons. The summed E-state index contributed by atoms with van der Waals surface area (Å²) in [6.45, 7) is 6.67. The number of ether oxygens (including phenoxy) is 1. The minimum absolute atomic E-state index is 0.0225. The van der Waals surface area contributed by atoms with Crippen LogP contribution >= 0.6 is 23.1 Å². The Morgan fingerprint density at radius 2 is 2.23 bits per heavy atom. The highest BCUT2D eigenvalue weighted by atomic mass is 32.2. The zero-order chi connectivity index (χ0) is 21.3. The van der Waals surface area contributed by atoms with Gasteiger partial charge in [0.15, 0.2) is 5.65 Å². The van der Waals surface area contributed by atoms with E-state index in [1.165, 1.54) is 4.88 Å². The van der Waals surface area contributed by atoms with Gasteiger partial charge in [-0.25, -0.2) is 9.67 Å². The van der Waals surface area contributed by atoms with E-state index in [2.05, 4.69) is 31.7 Å². The number of rotatable bonds is 6. The van der Waals surface area contributed by atoms with Crippen LogP contribution in [0.5, 0.6) is 0 Å². The Hall–Kier alpha value is -1.94. The summed E-state index contributed by atoms with van der Waals surface area (Å²) in [6.07, 6.45) is 2.87. The lowest BCUT2D eigenvalue weighted by molar-refractivity contribution is -0.0129. The molecule has 0 aromatic carbocycles. The summed E-state index contributed by atoms with van der Waals surface area (Å²) in [5, 5.41) is 10.7. The third kappa shape index (κ3) is 4.24. The Kier molecular flexibility index (Phi) is 6.01. The maximum Gasteiger partial charge on any atom is 0.252 e. The largest absolute Gasteiger partial charge is 0.379 e. The molecule has 0 saturated carbocycles. The van der Waals surface area contributed by atoms with Crippen LogP contribution < -0.4 is 5.32 Å². The van der Waals surface area contributed by atoms with Crippen molar-refractivity contribution in [1.29, 1.82) is 0 Å². The molecule has 1 atom stereocenters. The maximum atomic E-state index is 13.3. The number of hydrogen-bond donors (Lipinski definition) is 1. The van der Waals surface area contributed by atoms with Gasteiger partial charge in [-0.05, 0) is 36.6 Å². The number of nitrogens with zero attached hydrogens (tertiary/aromatic N) is 4. The number of thiophene rings is 1. The fourth-order valence-electron chi connectivity index (χ4n) is 4.50. The molecule has 0 aliphatic carbocycles. The second-order valence-electron chi connectivity index (χ2n) is 8.24. The Balaban J connectivity index is 1.37. The Labute approximate surface area is 190 Å². The van der Waals surface area contributed by atoms with Gasteiger partial charge < -0.3 is 10.1 Å². The van der Waals surface area contributed by atoms with E-state index in [1.807, 2.05) is 35.5 Å². The lowest BCUT2D eigenvalue weighted by Gasteiger charge is -2.43. The van der Waals surface area contributed by atoms with Crippen LogP contribution in [-0.4, -0.2) is 75.5 Å². The van der Waals surface area contributed by atoms with Gasteiger partial charge >= 0.3 is 0 Å². The molecule has 9 heteroatoms. The molecular weight excluding hydrogens is 430 g/mol. The standard InChI is InChI=1S/C22H27N5O2S2/c1-16-11-18(19-12-24-27(20(19)25-16)13-17-3-2-9-31-17)21(28)23-14-22(4-10-30-15-22)26-5-7-29-8-6-26/h2-3,9,11-12H,4-8,10,13-15H2,1H3,(H,23,28). The quantitative estimate of drug-likeness (QED) is 0.614. The molecule has 0 spiro atoms. The van der Waals surface area contributed by atoms with Crippen molar-refractivity contribution in [2.45, 2.75) is 25.4 Å². The van der Waals surface area contributed by atoms with Gasteiger partial charge in [0.2, 0.25) is 0 Å². The van der Waals surface area contributed by atoms with E-state index in [9.17, 15) is 4.79 Å². The van der Waals surface area contributed by atoms with E-state index in [1.54, 1.807) is 17.5 Å². The first-order chi connectivity index (χ1) is 15.1. The zero-order valence-electron chi connectivity index (χ0n) is 17.7. The van der Waals surface area contributed by atoms with Crippen molar-refractivity contribution in [2.24, 2.45) is 0 Å². The van der Waals surface area contributed by atoms with Gasteiger partial charge in [0.1, 0.15) is 0 Å². The molecule has 3 aromatic rings. The fourth-order valence-corrected chi connectivity index (χ4v) is 6.66. The smallest absolute Gasteiger partial charge is 0.252 e. The average Bonchev–Trinajstić information content (AvgIpc) is 3.55. The van der Waals surface area contributed by atoms with Crippen LogP contribution in [-0.2, 0) is 11.3 Å². The van der Waals surface area contributed by atoms with Gasteiger partial charge in [-0.3, -0.25) is 9.69 Å². The van der Waals surface area contributed by atoms with Crippen molar-refractivity contribution in [1.82, 2.24) is 25.0 Å². The third-order valence-electron chi connectivity index (χ3n) is 6.21. The monoisotopic (exact) mass is 457 g/mol. The van der Waals surface area contributed by atoms with Crippen molar-refractivity contribution in [3.8, 4) is 0 Å². The first-order valence-corrected chi connectivity index (χ1v) is 12.7. The van der Waals surface area contributed by atoms with Crippen LogP contribution in [0.2, 0.25) is 0 Å². The molecular formula is C22H27N5O2S2. The molecule has 5 heterocycles. The summed E-state index contributed by atoms with van der Waals surface area (Å²) in [6, 6.07) is 6.00. The normalized spacial score (nSPS) is 22.2. The first-order valence-electron chi connectivity index (χ1n) is 10.7. The number of fused-ring (bicyclic) bond motifs is 1. The van der Waals surface area contributed by atoms with Gasteiger partial charge in [0, 0.05) is 41.5 Å². The molecule has 0 bridgehead atoms. The zero-order valence-corrected chi connectivity index (χ0v) is 19.3. The molecule has 7 nitrogen and oxygen atoms in total. The highest BCUT2D eigenvalue weighted by Gasteiger charge is 2.41. The van der Waals surface area contributed by atoms with Crippen molar-refractivity contribution >= 4 is 40.0 Å². The van der Waals surface area contributed by atoms with Gasteiger partial charge in [-0.2, -0.15) is 16.9 Å². The number of hydrogen-bond acceptors (Lipinski definition) is 7. The van der Waals surface area contributed by atoms with E-state index in [0.29, 0.717) is 18.7 Å². The number of thioether (sulfide) groups is 1. The Morgan fingerprint density at radius 3 is 2.97 bits per heavy atom. The Morgan fingerprint density at radius 1 is 1.35 bits per heavy atom. The molecule has 2 aliphatic heterocycles. The maximum absolute atomic E-state index is 13.3. The summed E-state index contributed by atoms with van der Waals surface area (Å²) in [5.74, 6) is 2.15. The second kappa shape index (κ2) is 8.90. The molecule has 5 rings (SSSR count). The van der Waals surface area contributed by atoms with Crippen LogP contribution in [0.1, 0.15) is 27.3 Å². The summed E-state index contributed by atoms with van der Waals surface area (Å²) in [5.41, 5.74) is 2.26. The number of aromatic nitrogens is 3. The van der Waals surface area contributed by atoms with Crippen LogP contribution in [0.15, 0.2) is 29.8 Å². The van der Waals surface area contributed by atoms with E-state index in [0.717, 1.165) is 61.0 Å². The third-order valence-corrected chi connectivity index (χ3v) is 8.31. The summed E-state index contributed by atoms with van der Waals surface area (Å²) in [4.78, 5) is 21.7. The van der Waals surface area contributed by atoms with Crippen molar-refractivity contribution in [3.63, 3.8) is 0 Å². The highest BCUT2D eigenvalue weighted by Crippen LogP contribution is 2.33.